The molecule has 0 saturated carbocycles. The molecule has 1 unspecified atom stereocenters. The Morgan fingerprint density at radius 2 is 2.05 bits per heavy atom. The highest BCUT2D eigenvalue weighted by atomic mass is 32.2. The van der Waals surface area contributed by atoms with Crippen LogP contribution in [0.15, 0.2) is 41.8 Å². The lowest BCUT2D eigenvalue weighted by atomic mass is 10.1. The summed E-state index contributed by atoms with van der Waals surface area (Å²) >= 11 is 1.39. The van der Waals surface area contributed by atoms with Crippen LogP contribution in [0.2, 0.25) is 0 Å². The van der Waals surface area contributed by atoms with E-state index in [1.807, 2.05) is 31.2 Å². The molecule has 0 aliphatic carbocycles. The first-order chi connectivity index (χ1) is 9.52. The minimum Gasteiger partial charge on any atom is -0.480 e. The molecule has 0 saturated heterocycles. The summed E-state index contributed by atoms with van der Waals surface area (Å²) in [6, 6.07) is 6.99. The van der Waals surface area contributed by atoms with Crippen LogP contribution in [0.25, 0.3) is 0 Å². The van der Waals surface area contributed by atoms with Crippen LogP contribution in [0.3, 0.4) is 0 Å². The molecule has 1 atom stereocenters. The first-order valence-electron chi connectivity index (χ1n) is 6.35. The van der Waals surface area contributed by atoms with Crippen molar-refractivity contribution >= 4 is 23.6 Å². The number of aryl methyl sites for hydroxylation is 1. The number of aliphatic carboxylic acids is 1. The van der Waals surface area contributed by atoms with Gasteiger partial charge in [-0.25, -0.2) is 4.79 Å². The maximum atomic E-state index is 11.7. The molecule has 1 amide bonds. The molecular weight excluding hydrogens is 274 g/mol. The van der Waals surface area contributed by atoms with Crippen molar-refractivity contribution in [1.29, 1.82) is 0 Å². The zero-order valence-electron chi connectivity index (χ0n) is 11.5. The molecule has 0 aliphatic heterocycles. The maximum Gasteiger partial charge on any atom is 0.326 e. The minimum absolute atomic E-state index is 0.209. The molecule has 108 valence electrons. The van der Waals surface area contributed by atoms with Gasteiger partial charge in [0.15, 0.2) is 0 Å². The molecule has 0 aliphatic rings. The number of amides is 1. The number of carboxylic acid groups (broad SMARTS) is 1. The van der Waals surface area contributed by atoms with Gasteiger partial charge in [-0.2, -0.15) is 0 Å². The third-order valence-corrected chi connectivity index (χ3v) is 3.70. The van der Waals surface area contributed by atoms with Crippen LogP contribution in [-0.4, -0.2) is 28.8 Å². The van der Waals surface area contributed by atoms with Crippen molar-refractivity contribution in [2.75, 3.05) is 5.75 Å². The third kappa shape index (κ3) is 5.93. The largest absolute Gasteiger partial charge is 0.480 e. The second kappa shape index (κ2) is 8.43. The van der Waals surface area contributed by atoms with Crippen LogP contribution in [0, 0.1) is 6.92 Å². The monoisotopic (exact) mass is 293 g/mol. The second-order valence-corrected chi connectivity index (χ2v) is 5.47. The van der Waals surface area contributed by atoms with Crippen molar-refractivity contribution in [2.24, 2.45) is 0 Å². The van der Waals surface area contributed by atoms with Gasteiger partial charge < -0.3 is 10.4 Å². The van der Waals surface area contributed by atoms with Gasteiger partial charge >= 0.3 is 5.97 Å². The lowest BCUT2D eigenvalue weighted by molar-refractivity contribution is -0.141. The van der Waals surface area contributed by atoms with Crippen molar-refractivity contribution in [3.63, 3.8) is 0 Å². The van der Waals surface area contributed by atoms with E-state index in [2.05, 4.69) is 11.9 Å². The maximum absolute atomic E-state index is 11.7. The molecule has 1 aromatic carbocycles. The summed E-state index contributed by atoms with van der Waals surface area (Å²) in [5.41, 5.74) is 1.16. The number of carboxylic acids is 1. The predicted molar refractivity (Wildman–Crippen MR) is 80.9 cm³/mol. The quantitative estimate of drug-likeness (QED) is 0.571. The number of hydrogen-bond acceptors (Lipinski definition) is 3. The number of allylic oxidation sites excluding steroid dienone is 1. The molecule has 0 aromatic heterocycles. The van der Waals surface area contributed by atoms with Crippen molar-refractivity contribution in [3.05, 3.63) is 42.5 Å². The Morgan fingerprint density at radius 1 is 1.40 bits per heavy atom. The lowest BCUT2D eigenvalue weighted by Gasteiger charge is -2.13. The molecule has 1 aromatic rings. The number of carbonyl (C=O) groups is 2. The van der Waals surface area contributed by atoms with E-state index in [0.29, 0.717) is 12.8 Å². The van der Waals surface area contributed by atoms with E-state index in [1.54, 1.807) is 6.08 Å². The molecule has 4 nitrogen and oxygen atoms in total. The molecule has 0 spiro atoms. The van der Waals surface area contributed by atoms with Crippen LogP contribution in [-0.2, 0) is 9.59 Å². The van der Waals surface area contributed by atoms with Gasteiger partial charge in [-0.3, -0.25) is 4.79 Å². The van der Waals surface area contributed by atoms with Crippen LogP contribution in [0.5, 0.6) is 0 Å². The highest BCUT2D eigenvalue weighted by Gasteiger charge is 2.18. The SMILES string of the molecule is C=CCCC(NC(=O)CSc1ccc(C)cc1)C(=O)O. The van der Waals surface area contributed by atoms with Gasteiger partial charge in [0.05, 0.1) is 5.75 Å². The normalized spacial score (nSPS) is 11.7. The van der Waals surface area contributed by atoms with Crippen LogP contribution in [0.1, 0.15) is 18.4 Å². The average molecular weight is 293 g/mol. The number of nitrogens with one attached hydrogen (secondary N) is 1. The van der Waals surface area contributed by atoms with E-state index in [9.17, 15) is 9.59 Å². The van der Waals surface area contributed by atoms with Crippen molar-refractivity contribution in [1.82, 2.24) is 5.32 Å². The molecule has 20 heavy (non-hydrogen) atoms. The van der Waals surface area contributed by atoms with E-state index < -0.39 is 12.0 Å². The fraction of sp³-hybridized carbons (Fsp3) is 0.333. The highest BCUT2D eigenvalue weighted by Crippen LogP contribution is 2.17. The van der Waals surface area contributed by atoms with Crippen molar-refractivity contribution in [3.8, 4) is 0 Å². The van der Waals surface area contributed by atoms with E-state index >= 15 is 0 Å². The predicted octanol–water partition coefficient (Wildman–Crippen LogP) is 2.62. The molecule has 0 bridgehead atoms. The van der Waals surface area contributed by atoms with Crippen molar-refractivity contribution in [2.45, 2.75) is 30.7 Å². The summed E-state index contributed by atoms with van der Waals surface area (Å²) in [4.78, 5) is 23.7. The zero-order chi connectivity index (χ0) is 15.0. The fourth-order valence-corrected chi connectivity index (χ4v) is 2.27. The number of benzene rings is 1. The van der Waals surface area contributed by atoms with Crippen LogP contribution >= 0.6 is 11.8 Å². The molecule has 2 N–H and O–H groups in total. The molecule has 0 fully saturated rings. The first-order valence-corrected chi connectivity index (χ1v) is 7.34. The molecule has 0 radical (unpaired) electrons. The van der Waals surface area contributed by atoms with E-state index in [1.165, 1.54) is 11.8 Å². The number of thioether (sulfide) groups is 1. The van der Waals surface area contributed by atoms with Crippen LogP contribution in [0.4, 0.5) is 0 Å². The lowest BCUT2D eigenvalue weighted by Crippen LogP contribution is -2.41. The van der Waals surface area contributed by atoms with E-state index in [-0.39, 0.29) is 11.7 Å². The summed E-state index contributed by atoms with van der Waals surface area (Å²) < 4.78 is 0. The Hall–Kier alpha value is -1.75. The molecular formula is C15H19NO3S. The smallest absolute Gasteiger partial charge is 0.326 e. The van der Waals surface area contributed by atoms with Gasteiger partial charge in [-0.15, -0.1) is 18.3 Å². The fourth-order valence-electron chi connectivity index (χ4n) is 1.56. The summed E-state index contributed by atoms with van der Waals surface area (Å²) in [5, 5.41) is 11.5. The summed E-state index contributed by atoms with van der Waals surface area (Å²) in [5.74, 6) is -1.08. The second-order valence-electron chi connectivity index (χ2n) is 4.43. The number of hydrogen-bond donors (Lipinski definition) is 2. The average Bonchev–Trinajstić information content (AvgIpc) is 2.42. The summed E-state index contributed by atoms with van der Waals surface area (Å²) in [7, 11) is 0. The Labute approximate surface area is 123 Å². The van der Waals surface area contributed by atoms with Gasteiger partial charge in [0.2, 0.25) is 5.91 Å². The Balaban J connectivity index is 2.43. The summed E-state index contributed by atoms with van der Waals surface area (Å²) in [6.07, 6.45) is 2.56. The molecule has 1 rings (SSSR count). The third-order valence-electron chi connectivity index (χ3n) is 2.68. The van der Waals surface area contributed by atoms with E-state index in [0.717, 1.165) is 10.5 Å². The highest BCUT2D eigenvalue weighted by molar-refractivity contribution is 8.00. The zero-order valence-corrected chi connectivity index (χ0v) is 12.3. The standard InChI is InChI=1S/C15H19NO3S/c1-3-4-5-13(15(18)19)16-14(17)10-20-12-8-6-11(2)7-9-12/h3,6-9,13H,1,4-5,10H2,2H3,(H,16,17)(H,18,19). The van der Waals surface area contributed by atoms with Crippen LogP contribution < -0.4 is 5.32 Å². The topological polar surface area (TPSA) is 66.4 Å². The number of rotatable bonds is 8. The van der Waals surface area contributed by atoms with Crippen molar-refractivity contribution < 1.29 is 14.7 Å². The Bertz CT molecular complexity index is 471. The van der Waals surface area contributed by atoms with E-state index in [4.69, 9.17) is 5.11 Å². The van der Waals surface area contributed by atoms with Gasteiger partial charge in [-0.1, -0.05) is 23.8 Å². The Kier molecular flexibility index (Phi) is 6.87. The van der Waals surface area contributed by atoms with Gasteiger partial charge in [0.1, 0.15) is 6.04 Å². The molecule has 0 heterocycles. The summed E-state index contributed by atoms with van der Waals surface area (Å²) in [6.45, 7) is 5.54. The first kappa shape index (κ1) is 16.3. The molecule has 5 heteroatoms. The van der Waals surface area contributed by atoms with Gasteiger partial charge in [0, 0.05) is 4.90 Å². The Morgan fingerprint density at radius 3 is 2.60 bits per heavy atom. The van der Waals surface area contributed by atoms with Gasteiger partial charge in [-0.05, 0) is 31.9 Å². The van der Waals surface area contributed by atoms with Gasteiger partial charge in [0.25, 0.3) is 0 Å². The number of carbonyl (C=O) groups excluding carboxylic acids is 1. The minimum atomic E-state index is -1.01.